The van der Waals surface area contributed by atoms with Crippen LogP contribution in [0.5, 0.6) is 0 Å². The van der Waals surface area contributed by atoms with Crippen molar-refractivity contribution in [3.8, 4) is 0 Å². The molecule has 2 unspecified atom stereocenters. The number of rotatable bonds is 33. The number of hydrogen-bond acceptors (Lipinski definition) is 4. The number of allylic oxidation sites excluding steroid dienone is 2. The van der Waals surface area contributed by atoms with E-state index in [2.05, 4.69) is 26.0 Å². The maximum absolute atomic E-state index is 9.46. The lowest BCUT2D eigenvalue weighted by Gasteiger charge is -2.17. The molecule has 3 nitrogen and oxygen atoms in total. The van der Waals surface area contributed by atoms with Crippen molar-refractivity contribution in [1.29, 1.82) is 0 Å². The van der Waals surface area contributed by atoms with Gasteiger partial charge in [0.05, 0.1) is 6.61 Å². The Morgan fingerprint density at radius 3 is 1.41 bits per heavy atom. The molecule has 0 aliphatic carbocycles. The topological polar surface area (TPSA) is 49.7 Å². The first-order valence-corrected chi connectivity index (χ1v) is 18.6. The zero-order valence-electron chi connectivity index (χ0n) is 27.7. The molecular weight excluding hydrogens is 524 g/mol. The van der Waals surface area contributed by atoms with Crippen LogP contribution in [-0.4, -0.2) is 34.6 Å². The Labute approximate surface area is 262 Å². The van der Waals surface area contributed by atoms with E-state index >= 15 is 0 Å². The van der Waals surface area contributed by atoms with Crippen LogP contribution in [0.2, 0.25) is 0 Å². The molecule has 0 fully saturated rings. The third-order valence-corrected chi connectivity index (χ3v) is 8.80. The van der Waals surface area contributed by atoms with Gasteiger partial charge in [-0.25, -0.2) is 0 Å². The monoisotopic (exact) mass is 597 g/mol. The quantitative estimate of drug-likeness (QED) is 0.0449. The van der Waals surface area contributed by atoms with E-state index in [-0.39, 0.29) is 13.2 Å². The van der Waals surface area contributed by atoms with Gasteiger partial charge < -0.3 is 14.9 Å². The lowest BCUT2D eigenvalue weighted by Crippen LogP contribution is -2.21. The van der Waals surface area contributed by atoms with Crippen LogP contribution >= 0.6 is 12.2 Å². The van der Waals surface area contributed by atoms with E-state index < -0.39 is 6.10 Å². The van der Waals surface area contributed by atoms with Gasteiger partial charge in [-0.15, -0.1) is 0 Å². The average Bonchev–Trinajstić information content (AvgIpc) is 2.98. The molecule has 244 valence electrons. The van der Waals surface area contributed by atoms with Crippen LogP contribution in [0.15, 0.2) is 12.2 Å². The molecule has 2 N–H and O–H groups in total. The summed E-state index contributed by atoms with van der Waals surface area (Å²) in [5, 5.41) is 19.0. The van der Waals surface area contributed by atoms with Crippen molar-refractivity contribution in [3.63, 3.8) is 0 Å². The van der Waals surface area contributed by atoms with Crippen LogP contribution in [0.4, 0.5) is 0 Å². The summed E-state index contributed by atoms with van der Waals surface area (Å²) in [4.78, 5) is 0. The highest BCUT2D eigenvalue weighted by Crippen LogP contribution is 2.24. The van der Waals surface area contributed by atoms with Crippen molar-refractivity contribution in [2.45, 2.75) is 200 Å². The fourth-order valence-electron chi connectivity index (χ4n) is 5.71. The highest BCUT2D eigenvalue weighted by atomic mass is 32.1. The molecule has 0 radical (unpaired) electrons. The molecule has 0 saturated carbocycles. The van der Waals surface area contributed by atoms with Crippen LogP contribution < -0.4 is 0 Å². The normalized spacial score (nSPS) is 13.2. The third kappa shape index (κ3) is 32.3. The summed E-state index contributed by atoms with van der Waals surface area (Å²) >= 11 is 5.34. The van der Waals surface area contributed by atoms with Gasteiger partial charge in [0.2, 0.25) is 0 Å². The lowest BCUT2D eigenvalue weighted by atomic mass is 9.90. The van der Waals surface area contributed by atoms with E-state index in [4.69, 9.17) is 22.1 Å². The molecule has 0 amide bonds. The summed E-state index contributed by atoms with van der Waals surface area (Å²) in [6.07, 6.45) is 41.5. The summed E-state index contributed by atoms with van der Waals surface area (Å²) in [6, 6.07) is 0. The van der Waals surface area contributed by atoms with E-state index in [1.807, 2.05) is 0 Å². The van der Waals surface area contributed by atoms with Gasteiger partial charge in [0.15, 0.2) is 5.05 Å². The molecular formula is C37H72O3S. The van der Waals surface area contributed by atoms with Crippen LogP contribution in [0.1, 0.15) is 194 Å². The average molecular weight is 597 g/mol. The molecule has 0 saturated heterocycles. The summed E-state index contributed by atoms with van der Waals surface area (Å²) in [7, 11) is 0. The van der Waals surface area contributed by atoms with Gasteiger partial charge >= 0.3 is 0 Å². The van der Waals surface area contributed by atoms with Gasteiger partial charge in [-0.1, -0.05) is 161 Å². The van der Waals surface area contributed by atoms with E-state index in [0.717, 1.165) is 18.8 Å². The predicted molar refractivity (Wildman–Crippen MR) is 185 cm³/mol. The van der Waals surface area contributed by atoms with Gasteiger partial charge in [0.25, 0.3) is 0 Å². The smallest absolute Gasteiger partial charge is 0.159 e. The molecule has 4 heteroatoms. The van der Waals surface area contributed by atoms with Crippen LogP contribution in [0.25, 0.3) is 0 Å². The van der Waals surface area contributed by atoms with Gasteiger partial charge in [-0.3, -0.25) is 0 Å². The lowest BCUT2D eigenvalue weighted by molar-refractivity contribution is 0.0498. The molecule has 0 aromatic rings. The second kappa shape index (κ2) is 34.0. The maximum atomic E-state index is 9.46. The molecule has 0 heterocycles. The molecule has 0 aromatic heterocycles. The third-order valence-electron chi connectivity index (χ3n) is 8.48. The molecule has 2 atom stereocenters. The highest BCUT2D eigenvalue weighted by molar-refractivity contribution is 7.80. The van der Waals surface area contributed by atoms with Crippen molar-refractivity contribution in [2.24, 2.45) is 5.92 Å². The molecule has 0 bridgehead atoms. The molecule has 41 heavy (non-hydrogen) atoms. The Morgan fingerprint density at radius 1 is 0.585 bits per heavy atom. The van der Waals surface area contributed by atoms with Crippen molar-refractivity contribution in [1.82, 2.24) is 0 Å². The largest absolute Gasteiger partial charge is 0.484 e. The zero-order chi connectivity index (χ0) is 30.1. The van der Waals surface area contributed by atoms with Crippen molar-refractivity contribution in [3.05, 3.63) is 12.2 Å². The minimum absolute atomic E-state index is 0.104. The summed E-state index contributed by atoms with van der Waals surface area (Å²) < 4.78 is 5.45. The second-order valence-corrected chi connectivity index (χ2v) is 13.1. The molecule has 0 aliphatic heterocycles. The number of ether oxygens (including phenoxy) is 1. The standard InChI is InChI=1S/C37H72O3S/c1-3-5-7-9-11-13-14-15-16-17-18-19-21-23-25-27-30-35(29-26-24-22-20-12-10-8-6-4-2)31-28-32-37(41)40-34-36(39)33-38/h15-16,35-36,38-39H,3-14,17-34H2,1-2H3. The summed E-state index contributed by atoms with van der Waals surface area (Å²) in [6.45, 7) is 4.40. The Balaban J connectivity index is 3.98. The van der Waals surface area contributed by atoms with Gasteiger partial charge in [0, 0.05) is 6.42 Å². The number of thiocarbonyl (C=S) groups is 1. The minimum Gasteiger partial charge on any atom is -0.484 e. The summed E-state index contributed by atoms with van der Waals surface area (Å²) in [5.74, 6) is 0.808. The van der Waals surface area contributed by atoms with Crippen molar-refractivity contribution in [2.75, 3.05) is 13.2 Å². The van der Waals surface area contributed by atoms with Gasteiger partial charge in [0.1, 0.15) is 12.7 Å². The first kappa shape index (κ1) is 40.5. The van der Waals surface area contributed by atoms with Gasteiger partial charge in [-0.05, 0) is 56.7 Å². The minimum atomic E-state index is -0.835. The Bertz CT molecular complexity index is 550. The Hall–Kier alpha value is -0.450. The van der Waals surface area contributed by atoms with Crippen LogP contribution in [0, 0.1) is 5.92 Å². The van der Waals surface area contributed by atoms with E-state index in [1.54, 1.807) is 0 Å². The maximum Gasteiger partial charge on any atom is 0.159 e. The molecule has 0 aliphatic rings. The Kier molecular flexibility index (Phi) is 33.7. The molecule has 0 aromatic carbocycles. The van der Waals surface area contributed by atoms with E-state index in [9.17, 15) is 5.11 Å². The number of aliphatic hydroxyl groups is 2. The Morgan fingerprint density at radius 2 is 0.976 bits per heavy atom. The molecule has 0 spiro atoms. The zero-order valence-corrected chi connectivity index (χ0v) is 28.6. The number of hydrogen-bond donors (Lipinski definition) is 2. The van der Waals surface area contributed by atoms with Crippen LogP contribution in [-0.2, 0) is 4.74 Å². The number of aliphatic hydroxyl groups excluding tert-OH is 2. The van der Waals surface area contributed by atoms with E-state index in [0.29, 0.717) is 5.05 Å². The fraction of sp³-hybridized carbons (Fsp3) is 0.919. The predicted octanol–water partition coefficient (Wildman–Crippen LogP) is 11.8. The van der Waals surface area contributed by atoms with E-state index in [1.165, 1.54) is 167 Å². The first-order chi connectivity index (χ1) is 20.1. The summed E-state index contributed by atoms with van der Waals surface area (Å²) in [5.41, 5.74) is 0. The SMILES string of the molecule is CCCCCCCCC=CCCCCCCCCC(CCCCCCCCCCC)CCCC(=S)OCC(O)CO. The second-order valence-electron chi connectivity index (χ2n) is 12.6. The highest BCUT2D eigenvalue weighted by Gasteiger charge is 2.11. The van der Waals surface area contributed by atoms with Gasteiger partial charge in [-0.2, -0.15) is 0 Å². The first-order valence-electron chi connectivity index (χ1n) is 18.2. The van der Waals surface area contributed by atoms with Crippen molar-refractivity contribution < 1.29 is 14.9 Å². The van der Waals surface area contributed by atoms with Crippen LogP contribution in [0.3, 0.4) is 0 Å². The van der Waals surface area contributed by atoms with Crippen molar-refractivity contribution >= 4 is 17.3 Å². The molecule has 0 rings (SSSR count). The fourth-order valence-corrected chi connectivity index (χ4v) is 5.92. The number of unbranched alkanes of at least 4 members (excludes halogenated alkanes) is 20.